The summed E-state index contributed by atoms with van der Waals surface area (Å²) in [6.07, 6.45) is 3.80. The first-order valence-electron chi connectivity index (χ1n) is 3.73. The molecule has 2 fully saturated rings. The standard InChI is InChI=1S/C7H13NO/c1-7-3-2-5-8(9-7)6-4-7/h2-6H2,1H3. The maximum absolute atomic E-state index is 5.62. The van der Waals surface area contributed by atoms with Crippen LogP contribution in [-0.2, 0) is 4.84 Å². The quantitative estimate of drug-likeness (QED) is 0.484. The van der Waals surface area contributed by atoms with Crippen LogP contribution >= 0.6 is 0 Å². The first-order chi connectivity index (χ1) is 4.29. The minimum absolute atomic E-state index is 0.220. The Labute approximate surface area is 55.7 Å². The molecule has 0 amide bonds. The van der Waals surface area contributed by atoms with Crippen LogP contribution in [0.15, 0.2) is 0 Å². The van der Waals surface area contributed by atoms with Crippen LogP contribution < -0.4 is 0 Å². The summed E-state index contributed by atoms with van der Waals surface area (Å²) >= 11 is 0. The van der Waals surface area contributed by atoms with Gasteiger partial charge >= 0.3 is 0 Å². The van der Waals surface area contributed by atoms with Gasteiger partial charge in [-0.2, -0.15) is 5.06 Å². The molecule has 2 atom stereocenters. The van der Waals surface area contributed by atoms with E-state index in [1.165, 1.54) is 19.3 Å². The third-order valence-corrected chi connectivity index (χ3v) is 2.35. The summed E-state index contributed by atoms with van der Waals surface area (Å²) in [6, 6.07) is 0. The summed E-state index contributed by atoms with van der Waals surface area (Å²) in [5.74, 6) is 0. The summed E-state index contributed by atoms with van der Waals surface area (Å²) in [7, 11) is 0. The zero-order valence-corrected chi connectivity index (χ0v) is 5.89. The van der Waals surface area contributed by atoms with Gasteiger partial charge < -0.3 is 0 Å². The molecule has 2 aliphatic rings. The molecule has 2 aliphatic heterocycles. The Balaban J connectivity index is 2.13. The van der Waals surface area contributed by atoms with Crippen molar-refractivity contribution in [2.24, 2.45) is 0 Å². The van der Waals surface area contributed by atoms with Crippen LogP contribution in [0.2, 0.25) is 0 Å². The van der Waals surface area contributed by atoms with Crippen LogP contribution in [0.25, 0.3) is 0 Å². The second kappa shape index (κ2) is 1.70. The Kier molecular flexibility index (Phi) is 1.08. The Morgan fingerprint density at radius 2 is 2.22 bits per heavy atom. The average molecular weight is 127 g/mol. The lowest BCUT2D eigenvalue weighted by Crippen LogP contribution is -2.33. The molecule has 52 valence electrons. The lowest BCUT2D eigenvalue weighted by atomic mass is 9.98. The van der Waals surface area contributed by atoms with Gasteiger partial charge in [0.05, 0.1) is 5.60 Å². The van der Waals surface area contributed by atoms with Crippen molar-refractivity contribution in [3.8, 4) is 0 Å². The molecule has 0 radical (unpaired) electrons. The topological polar surface area (TPSA) is 12.5 Å². The van der Waals surface area contributed by atoms with Crippen molar-refractivity contribution in [3.63, 3.8) is 0 Å². The van der Waals surface area contributed by atoms with E-state index in [2.05, 4.69) is 12.0 Å². The average Bonchev–Trinajstić information content (AvgIpc) is 2.07. The minimum atomic E-state index is 0.220. The molecule has 0 aromatic carbocycles. The maximum Gasteiger partial charge on any atom is 0.0885 e. The molecule has 0 aromatic heterocycles. The number of fused-ring (bicyclic) bond motifs is 2. The fourth-order valence-corrected chi connectivity index (χ4v) is 1.72. The van der Waals surface area contributed by atoms with Crippen LogP contribution in [0.5, 0.6) is 0 Å². The van der Waals surface area contributed by atoms with E-state index in [1.807, 2.05) is 0 Å². The van der Waals surface area contributed by atoms with Crippen LogP contribution in [0, 0.1) is 0 Å². The monoisotopic (exact) mass is 127 g/mol. The van der Waals surface area contributed by atoms with E-state index in [1.54, 1.807) is 0 Å². The predicted octanol–water partition coefficient (Wildman–Crippen LogP) is 1.18. The Bertz CT molecular complexity index is 122. The Morgan fingerprint density at radius 3 is 2.89 bits per heavy atom. The smallest absolute Gasteiger partial charge is 0.0885 e. The zero-order valence-electron chi connectivity index (χ0n) is 5.89. The second-order valence-electron chi connectivity index (χ2n) is 3.32. The van der Waals surface area contributed by atoms with Gasteiger partial charge in [-0.15, -0.1) is 0 Å². The first kappa shape index (κ1) is 5.69. The summed E-state index contributed by atoms with van der Waals surface area (Å²) < 4.78 is 0. The lowest BCUT2D eigenvalue weighted by molar-refractivity contribution is -0.212. The highest BCUT2D eigenvalue weighted by molar-refractivity contribution is 4.84. The van der Waals surface area contributed by atoms with Crippen molar-refractivity contribution in [3.05, 3.63) is 0 Å². The highest BCUT2D eigenvalue weighted by Gasteiger charge is 2.38. The summed E-state index contributed by atoms with van der Waals surface area (Å²) in [5, 5.41) is 2.10. The normalized spacial score (nSPS) is 49.7. The Hall–Kier alpha value is -0.0800. The van der Waals surface area contributed by atoms with Gasteiger partial charge in [-0.1, -0.05) is 0 Å². The van der Waals surface area contributed by atoms with E-state index in [9.17, 15) is 0 Å². The molecule has 0 aliphatic carbocycles. The van der Waals surface area contributed by atoms with E-state index in [0.717, 1.165) is 13.1 Å². The molecule has 9 heavy (non-hydrogen) atoms. The lowest BCUT2D eigenvalue weighted by Gasteiger charge is -2.29. The van der Waals surface area contributed by atoms with Gasteiger partial charge in [0.1, 0.15) is 0 Å². The van der Waals surface area contributed by atoms with Crippen molar-refractivity contribution in [2.75, 3.05) is 13.1 Å². The SMILES string of the molecule is CC12CCCN(CC1)O2. The number of hydrogen-bond acceptors (Lipinski definition) is 2. The van der Waals surface area contributed by atoms with E-state index in [0.29, 0.717) is 0 Å². The van der Waals surface area contributed by atoms with Gasteiger partial charge in [-0.25, -0.2) is 0 Å². The fourth-order valence-electron chi connectivity index (χ4n) is 1.72. The predicted molar refractivity (Wildman–Crippen MR) is 34.9 cm³/mol. The molecule has 2 rings (SSSR count). The number of nitrogens with zero attached hydrogens (tertiary/aromatic N) is 1. The molecule has 2 heterocycles. The fraction of sp³-hybridized carbons (Fsp3) is 1.00. The third kappa shape index (κ3) is 0.864. The van der Waals surface area contributed by atoms with Crippen molar-refractivity contribution in [2.45, 2.75) is 31.8 Å². The van der Waals surface area contributed by atoms with Gasteiger partial charge in [0.2, 0.25) is 0 Å². The van der Waals surface area contributed by atoms with Crippen LogP contribution in [0.4, 0.5) is 0 Å². The molecule has 2 nitrogen and oxygen atoms in total. The molecule has 0 spiro atoms. The van der Waals surface area contributed by atoms with Crippen LogP contribution in [0.1, 0.15) is 26.2 Å². The van der Waals surface area contributed by atoms with Gasteiger partial charge in [0.25, 0.3) is 0 Å². The van der Waals surface area contributed by atoms with Crippen molar-refractivity contribution >= 4 is 0 Å². The maximum atomic E-state index is 5.62. The van der Waals surface area contributed by atoms with Crippen molar-refractivity contribution in [1.29, 1.82) is 0 Å². The number of hydrogen-bond donors (Lipinski definition) is 0. The van der Waals surface area contributed by atoms with Gasteiger partial charge in [0, 0.05) is 13.1 Å². The molecule has 0 saturated carbocycles. The minimum Gasteiger partial charge on any atom is -0.293 e. The van der Waals surface area contributed by atoms with Crippen molar-refractivity contribution in [1.82, 2.24) is 5.06 Å². The molecule has 2 heteroatoms. The van der Waals surface area contributed by atoms with Crippen molar-refractivity contribution < 1.29 is 4.84 Å². The molecular formula is C7H13NO. The molecular weight excluding hydrogens is 114 g/mol. The number of hydroxylamine groups is 2. The van der Waals surface area contributed by atoms with E-state index < -0.39 is 0 Å². The number of rotatable bonds is 0. The van der Waals surface area contributed by atoms with Gasteiger partial charge in [0.15, 0.2) is 0 Å². The Morgan fingerprint density at radius 1 is 1.33 bits per heavy atom. The highest BCUT2D eigenvalue weighted by Crippen LogP contribution is 2.33. The summed E-state index contributed by atoms with van der Waals surface area (Å²) in [6.45, 7) is 4.51. The zero-order chi connectivity index (χ0) is 6.32. The van der Waals surface area contributed by atoms with Crippen LogP contribution in [0.3, 0.4) is 0 Å². The summed E-state index contributed by atoms with van der Waals surface area (Å²) in [5.41, 5.74) is 0.220. The second-order valence-corrected chi connectivity index (χ2v) is 3.32. The van der Waals surface area contributed by atoms with Gasteiger partial charge in [-0.3, -0.25) is 4.84 Å². The third-order valence-electron chi connectivity index (χ3n) is 2.35. The molecule has 2 unspecified atom stereocenters. The molecule has 0 N–H and O–H groups in total. The first-order valence-corrected chi connectivity index (χ1v) is 3.73. The van der Waals surface area contributed by atoms with Crippen LogP contribution in [-0.4, -0.2) is 23.8 Å². The molecule has 0 aromatic rings. The van der Waals surface area contributed by atoms with E-state index in [-0.39, 0.29) is 5.60 Å². The molecule has 2 bridgehead atoms. The van der Waals surface area contributed by atoms with E-state index in [4.69, 9.17) is 4.84 Å². The molecule has 2 saturated heterocycles. The summed E-state index contributed by atoms with van der Waals surface area (Å²) in [4.78, 5) is 5.62. The highest BCUT2D eigenvalue weighted by atomic mass is 16.7. The van der Waals surface area contributed by atoms with E-state index >= 15 is 0 Å². The largest absolute Gasteiger partial charge is 0.293 e. The van der Waals surface area contributed by atoms with Gasteiger partial charge in [-0.05, 0) is 26.2 Å².